The maximum absolute atomic E-state index is 12.8. The lowest BCUT2D eigenvalue weighted by molar-refractivity contribution is -0.134. The molecule has 2 aromatic rings. The van der Waals surface area contributed by atoms with E-state index < -0.39 is 0 Å². The van der Waals surface area contributed by atoms with Crippen LogP contribution in [0.25, 0.3) is 10.6 Å². The van der Waals surface area contributed by atoms with E-state index in [1.807, 2.05) is 6.07 Å². The van der Waals surface area contributed by atoms with E-state index in [0.29, 0.717) is 11.8 Å². The molecule has 1 aliphatic heterocycles. The predicted molar refractivity (Wildman–Crippen MR) is 113 cm³/mol. The lowest BCUT2D eigenvalue weighted by Crippen LogP contribution is -2.48. The third kappa shape index (κ3) is 3.87. The van der Waals surface area contributed by atoms with E-state index in [1.165, 1.54) is 31.2 Å². The second kappa shape index (κ2) is 7.96. The van der Waals surface area contributed by atoms with Gasteiger partial charge in [-0.05, 0) is 37.0 Å². The monoisotopic (exact) mass is 395 g/mol. The van der Waals surface area contributed by atoms with Crippen LogP contribution in [0.2, 0.25) is 0 Å². The minimum atomic E-state index is 0.400. The van der Waals surface area contributed by atoms with E-state index in [1.54, 1.807) is 11.3 Å². The van der Waals surface area contributed by atoms with Gasteiger partial charge >= 0.3 is 0 Å². The van der Waals surface area contributed by atoms with Crippen LogP contribution in [-0.4, -0.2) is 46.9 Å². The first-order valence-electron chi connectivity index (χ1n) is 10.7. The maximum Gasteiger partial charge on any atom is 0.222 e. The Hall–Kier alpha value is -1.72. The average Bonchev–Trinajstić information content (AvgIpc) is 3.46. The zero-order valence-corrected chi connectivity index (χ0v) is 17.2. The zero-order valence-electron chi connectivity index (χ0n) is 16.4. The van der Waals surface area contributed by atoms with Crippen LogP contribution >= 0.6 is 11.3 Å². The Morgan fingerprint density at radius 3 is 2.61 bits per heavy atom. The van der Waals surface area contributed by atoms with Gasteiger partial charge in [0, 0.05) is 50.1 Å². The fraction of sp³-hybridized carbons (Fsp3) is 0.565. The first-order chi connectivity index (χ1) is 13.7. The Labute approximate surface area is 171 Å². The molecule has 2 heterocycles. The van der Waals surface area contributed by atoms with Crippen LogP contribution in [0.15, 0.2) is 35.7 Å². The van der Waals surface area contributed by atoms with E-state index >= 15 is 0 Å². The van der Waals surface area contributed by atoms with Gasteiger partial charge in [0.1, 0.15) is 5.01 Å². The molecule has 2 bridgehead atoms. The van der Waals surface area contributed by atoms with Crippen molar-refractivity contribution >= 4 is 17.2 Å². The number of thiazole rings is 1. The van der Waals surface area contributed by atoms with Gasteiger partial charge in [0.2, 0.25) is 5.91 Å². The van der Waals surface area contributed by atoms with Gasteiger partial charge in [-0.1, -0.05) is 36.8 Å². The summed E-state index contributed by atoms with van der Waals surface area (Å²) in [7, 11) is 0. The summed E-state index contributed by atoms with van der Waals surface area (Å²) in [6.45, 7) is 4.55. The van der Waals surface area contributed by atoms with Gasteiger partial charge in [-0.25, -0.2) is 4.98 Å². The minimum Gasteiger partial charge on any atom is -0.340 e. The number of rotatable bonds is 5. The molecule has 2 saturated carbocycles. The zero-order chi connectivity index (χ0) is 18.9. The first kappa shape index (κ1) is 18.3. The summed E-state index contributed by atoms with van der Waals surface area (Å²) in [6, 6.07) is 10.4. The quantitative estimate of drug-likeness (QED) is 0.758. The highest BCUT2D eigenvalue weighted by Crippen LogP contribution is 2.49. The van der Waals surface area contributed by atoms with Gasteiger partial charge in [-0.2, -0.15) is 0 Å². The summed E-state index contributed by atoms with van der Waals surface area (Å²) in [6.07, 6.45) is 6.29. The molecule has 148 valence electrons. The number of fused-ring (bicyclic) bond motifs is 2. The highest BCUT2D eigenvalue weighted by atomic mass is 32.1. The number of amides is 1. The van der Waals surface area contributed by atoms with E-state index in [4.69, 9.17) is 4.98 Å². The summed E-state index contributed by atoms with van der Waals surface area (Å²) in [5.41, 5.74) is 2.33. The third-order valence-electron chi connectivity index (χ3n) is 7.00. The van der Waals surface area contributed by atoms with Crippen molar-refractivity contribution < 1.29 is 4.79 Å². The van der Waals surface area contributed by atoms with E-state index in [9.17, 15) is 4.79 Å². The van der Waals surface area contributed by atoms with Crippen LogP contribution < -0.4 is 0 Å². The lowest BCUT2D eigenvalue weighted by Gasteiger charge is -2.35. The highest BCUT2D eigenvalue weighted by Gasteiger charge is 2.40. The Kier molecular flexibility index (Phi) is 5.20. The number of carbonyl (C=O) groups excluding carboxylic acids is 1. The van der Waals surface area contributed by atoms with Crippen molar-refractivity contribution in [3.8, 4) is 10.6 Å². The summed E-state index contributed by atoms with van der Waals surface area (Å²) in [4.78, 5) is 22.1. The van der Waals surface area contributed by atoms with Crippen molar-refractivity contribution in [3.05, 3.63) is 41.4 Å². The Bertz CT molecular complexity index is 812. The number of carbonyl (C=O) groups is 1. The van der Waals surface area contributed by atoms with Crippen molar-refractivity contribution in [3.63, 3.8) is 0 Å². The number of aromatic nitrogens is 1. The Morgan fingerprint density at radius 2 is 1.89 bits per heavy atom. The second-order valence-corrected chi connectivity index (χ2v) is 9.66. The molecule has 0 spiro atoms. The van der Waals surface area contributed by atoms with Gasteiger partial charge in [0.15, 0.2) is 0 Å². The molecule has 5 rings (SSSR count). The Morgan fingerprint density at radius 1 is 1.07 bits per heavy atom. The largest absolute Gasteiger partial charge is 0.340 e. The molecule has 2 aliphatic carbocycles. The molecule has 1 amide bonds. The van der Waals surface area contributed by atoms with E-state index in [2.05, 4.69) is 39.4 Å². The summed E-state index contributed by atoms with van der Waals surface area (Å²) in [5, 5.41) is 3.27. The number of hydrogen-bond acceptors (Lipinski definition) is 4. The summed E-state index contributed by atoms with van der Waals surface area (Å²) >= 11 is 1.72. The molecular formula is C23H29N3OS. The van der Waals surface area contributed by atoms with Crippen LogP contribution in [0.1, 0.15) is 37.8 Å². The van der Waals surface area contributed by atoms with Crippen LogP contribution in [0.3, 0.4) is 0 Å². The topological polar surface area (TPSA) is 36.4 Å². The highest BCUT2D eigenvalue weighted by molar-refractivity contribution is 7.13. The second-order valence-electron chi connectivity index (χ2n) is 8.81. The third-order valence-corrected chi connectivity index (χ3v) is 7.94. The van der Waals surface area contributed by atoms with Crippen molar-refractivity contribution in [1.29, 1.82) is 0 Å². The van der Waals surface area contributed by atoms with E-state index in [0.717, 1.165) is 61.7 Å². The molecule has 5 heteroatoms. The SMILES string of the molecule is O=C(CC1CC2CCC1C2)N1CCN(Cc2csc(-c3ccccc3)n2)CC1. The first-order valence-corrected chi connectivity index (χ1v) is 11.6. The minimum absolute atomic E-state index is 0.400. The van der Waals surface area contributed by atoms with E-state index in [-0.39, 0.29) is 0 Å². The van der Waals surface area contributed by atoms with Gasteiger partial charge in [-0.15, -0.1) is 11.3 Å². The molecule has 3 aliphatic rings. The average molecular weight is 396 g/mol. The van der Waals surface area contributed by atoms with Crippen LogP contribution in [0, 0.1) is 17.8 Å². The molecule has 3 atom stereocenters. The number of piperazine rings is 1. The molecule has 3 fully saturated rings. The fourth-order valence-electron chi connectivity index (χ4n) is 5.46. The van der Waals surface area contributed by atoms with Crippen LogP contribution in [0.4, 0.5) is 0 Å². The number of hydrogen-bond donors (Lipinski definition) is 0. The van der Waals surface area contributed by atoms with Crippen molar-refractivity contribution in [2.45, 2.75) is 38.6 Å². The summed E-state index contributed by atoms with van der Waals surface area (Å²) in [5.74, 6) is 2.85. The molecule has 28 heavy (non-hydrogen) atoms. The van der Waals surface area contributed by atoms with Gasteiger partial charge in [-0.3, -0.25) is 9.69 Å². The standard InChI is InChI=1S/C23H29N3OS/c27-22(14-20-13-17-6-7-19(20)12-17)26-10-8-25(9-11-26)15-21-16-28-23(24-21)18-4-2-1-3-5-18/h1-5,16-17,19-20H,6-15H2. The molecular weight excluding hydrogens is 366 g/mol. The molecule has 4 nitrogen and oxygen atoms in total. The van der Waals surface area contributed by atoms with Crippen LogP contribution in [-0.2, 0) is 11.3 Å². The van der Waals surface area contributed by atoms with Crippen molar-refractivity contribution in [2.24, 2.45) is 17.8 Å². The molecule has 1 aromatic carbocycles. The summed E-state index contributed by atoms with van der Waals surface area (Å²) < 4.78 is 0. The smallest absolute Gasteiger partial charge is 0.222 e. The van der Waals surface area contributed by atoms with Gasteiger partial charge in [0.25, 0.3) is 0 Å². The van der Waals surface area contributed by atoms with Crippen molar-refractivity contribution in [2.75, 3.05) is 26.2 Å². The van der Waals surface area contributed by atoms with Gasteiger partial charge < -0.3 is 4.90 Å². The molecule has 3 unspecified atom stereocenters. The fourth-order valence-corrected chi connectivity index (χ4v) is 6.27. The number of nitrogens with zero attached hydrogens (tertiary/aromatic N) is 3. The lowest BCUT2D eigenvalue weighted by atomic mass is 9.86. The predicted octanol–water partition coefficient (Wildman–Crippen LogP) is 4.28. The number of benzene rings is 1. The Balaban J connectivity index is 1.10. The van der Waals surface area contributed by atoms with Gasteiger partial charge in [0.05, 0.1) is 5.69 Å². The normalized spacial score (nSPS) is 27.4. The molecule has 1 aromatic heterocycles. The van der Waals surface area contributed by atoms with Crippen molar-refractivity contribution in [1.82, 2.24) is 14.8 Å². The molecule has 1 saturated heterocycles. The maximum atomic E-state index is 12.8. The molecule has 0 radical (unpaired) electrons. The molecule has 0 N–H and O–H groups in total. The van der Waals surface area contributed by atoms with Crippen LogP contribution in [0.5, 0.6) is 0 Å².